The molecule has 0 saturated heterocycles. The Labute approximate surface area is 189 Å². The predicted octanol–water partition coefficient (Wildman–Crippen LogP) is 5.80. The summed E-state index contributed by atoms with van der Waals surface area (Å²) in [4.78, 5) is 27.9. The Bertz CT molecular complexity index is 1170. The van der Waals surface area contributed by atoms with Crippen LogP contribution in [0.15, 0.2) is 42.6 Å². The molecule has 0 spiro atoms. The Morgan fingerprint density at radius 2 is 2.03 bits per heavy atom. The lowest BCUT2D eigenvalue weighted by Crippen LogP contribution is -2.20. The molecule has 168 valence electrons. The normalized spacial score (nSPS) is 11.3. The number of thiazole rings is 1. The number of rotatable bonds is 7. The van der Waals surface area contributed by atoms with Gasteiger partial charge in [-0.2, -0.15) is 13.2 Å². The van der Waals surface area contributed by atoms with E-state index in [9.17, 15) is 28.1 Å². The Kier molecular flexibility index (Phi) is 6.99. The molecule has 0 fully saturated rings. The number of benzene rings is 2. The van der Waals surface area contributed by atoms with Crippen LogP contribution >= 0.6 is 22.9 Å². The number of amides is 1. The Morgan fingerprint density at radius 1 is 1.28 bits per heavy atom. The van der Waals surface area contributed by atoms with Crippen molar-refractivity contribution in [2.24, 2.45) is 0 Å². The number of ether oxygens (including phenoxy) is 1. The molecule has 12 heteroatoms. The first-order valence-corrected chi connectivity index (χ1v) is 10.2. The minimum Gasteiger partial charge on any atom is -0.484 e. The predicted molar refractivity (Wildman–Crippen MR) is 114 cm³/mol. The molecular formula is C20H15ClF3N3O4S. The van der Waals surface area contributed by atoms with Crippen molar-refractivity contribution in [3.05, 3.63) is 79.3 Å². The second-order valence-electron chi connectivity index (χ2n) is 6.69. The van der Waals surface area contributed by atoms with Crippen molar-refractivity contribution in [3.8, 4) is 5.75 Å². The topological polar surface area (TPSA) is 94.4 Å². The summed E-state index contributed by atoms with van der Waals surface area (Å²) in [6.45, 7) is 0.291. The third kappa shape index (κ3) is 6.17. The second kappa shape index (κ2) is 9.53. The van der Waals surface area contributed by atoms with E-state index in [0.717, 1.165) is 45.5 Å². The second-order valence-corrected chi connectivity index (χ2v) is 8.21. The van der Waals surface area contributed by atoms with Crippen molar-refractivity contribution in [1.29, 1.82) is 0 Å². The summed E-state index contributed by atoms with van der Waals surface area (Å²) >= 11 is 7.28. The van der Waals surface area contributed by atoms with Crippen LogP contribution in [-0.2, 0) is 6.42 Å². The van der Waals surface area contributed by atoms with Crippen LogP contribution in [0.2, 0.25) is 5.02 Å². The van der Waals surface area contributed by atoms with Crippen LogP contribution < -0.4 is 10.1 Å². The van der Waals surface area contributed by atoms with Gasteiger partial charge in [-0.3, -0.25) is 20.2 Å². The Hall–Kier alpha value is -3.18. The third-order valence-electron chi connectivity index (χ3n) is 4.20. The maximum atomic E-state index is 12.6. The first-order valence-electron chi connectivity index (χ1n) is 9.01. The smallest absolute Gasteiger partial charge is 0.422 e. The van der Waals surface area contributed by atoms with Gasteiger partial charge in [0.15, 0.2) is 11.7 Å². The third-order valence-corrected chi connectivity index (χ3v) is 5.52. The highest BCUT2D eigenvalue weighted by Gasteiger charge is 2.29. The highest BCUT2D eigenvalue weighted by atomic mass is 35.5. The molecule has 0 atom stereocenters. The molecule has 1 N–H and O–H groups in total. The summed E-state index contributed by atoms with van der Waals surface area (Å²) < 4.78 is 41.7. The van der Waals surface area contributed by atoms with Gasteiger partial charge in [0.25, 0.3) is 11.6 Å². The molecule has 1 aromatic heterocycles. The van der Waals surface area contributed by atoms with Crippen LogP contribution in [0.4, 0.5) is 24.0 Å². The molecule has 0 unspecified atom stereocenters. The van der Waals surface area contributed by atoms with Gasteiger partial charge < -0.3 is 4.74 Å². The van der Waals surface area contributed by atoms with Crippen LogP contribution in [0.3, 0.4) is 0 Å². The summed E-state index contributed by atoms with van der Waals surface area (Å²) in [7, 11) is 0. The van der Waals surface area contributed by atoms with E-state index < -0.39 is 34.9 Å². The molecule has 0 bridgehead atoms. The first kappa shape index (κ1) is 23.5. The number of alkyl halides is 3. The van der Waals surface area contributed by atoms with E-state index in [4.69, 9.17) is 11.6 Å². The van der Waals surface area contributed by atoms with Gasteiger partial charge in [-0.1, -0.05) is 23.7 Å². The minimum absolute atomic E-state index is 0.180. The number of halogens is 4. The summed E-state index contributed by atoms with van der Waals surface area (Å²) in [6.07, 6.45) is -2.54. The number of carbonyl (C=O) groups excluding carboxylic acids is 1. The molecule has 3 rings (SSSR count). The summed E-state index contributed by atoms with van der Waals surface area (Å²) in [5.41, 5.74) is 0.854. The number of nitrogens with one attached hydrogen (secondary N) is 1. The van der Waals surface area contributed by atoms with Crippen LogP contribution in [0, 0.1) is 17.0 Å². The monoisotopic (exact) mass is 485 g/mol. The maximum absolute atomic E-state index is 12.6. The highest BCUT2D eigenvalue weighted by molar-refractivity contribution is 7.15. The van der Waals surface area contributed by atoms with Crippen LogP contribution in [0.5, 0.6) is 5.75 Å². The van der Waals surface area contributed by atoms with Crippen molar-refractivity contribution >= 4 is 39.7 Å². The summed E-state index contributed by atoms with van der Waals surface area (Å²) in [5.74, 6) is -1.22. The van der Waals surface area contributed by atoms with Crippen molar-refractivity contribution < 1.29 is 27.6 Å². The number of nitro benzene ring substituents is 1. The zero-order valence-electron chi connectivity index (χ0n) is 16.4. The fourth-order valence-corrected chi connectivity index (χ4v) is 3.72. The molecular weight excluding hydrogens is 471 g/mol. The number of aryl methyl sites for hydroxylation is 1. The lowest BCUT2D eigenvalue weighted by Gasteiger charge is -2.10. The Balaban J connectivity index is 1.76. The van der Waals surface area contributed by atoms with Gasteiger partial charge in [0.2, 0.25) is 0 Å². The standard InChI is InChI=1S/C20H15ClF3N3O4S/c1-11-2-3-12(7-16(11)21)6-14-9-25-19(32-14)26-18(28)15-8-13(31-10-20(22,23)24)4-5-17(15)27(29)30/h2-5,7-9H,6,10H2,1H3,(H,25,26,28). The van der Waals surface area contributed by atoms with Crippen molar-refractivity contribution in [2.45, 2.75) is 19.5 Å². The number of hydrogen-bond donors (Lipinski definition) is 1. The van der Waals surface area contributed by atoms with E-state index in [1.54, 1.807) is 6.20 Å². The summed E-state index contributed by atoms with van der Waals surface area (Å²) in [5, 5.41) is 14.5. The first-order chi connectivity index (χ1) is 15.0. The fourth-order valence-electron chi connectivity index (χ4n) is 2.67. The van der Waals surface area contributed by atoms with Crippen LogP contribution in [0.25, 0.3) is 0 Å². The lowest BCUT2D eigenvalue weighted by atomic mass is 10.1. The van der Waals surface area contributed by atoms with E-state index in [1.807, 2.05) is 25.1 Å². The van der Waals surface area contributed by atoms with Gasteiger partial charge in [0.1, 0.15) is 11.3 Å². The molecule has 32 heavy (non-hydrogen) atoms. The van der Waals surface area contributed by atoms with Gasteiger partial charge in [-0.15, -0.1) is 11.3 Å². The molecule has 0 saturated carbocycles. The van der Waals surface area contributed by atoms with Crippen molar-refractivity contribution in [2.75, 3.05) is 11.9 Å². The molecule has 1 heterocycles. The molecule has 2 aromatic carbocycles. The van der Waals surface area contributed by atoms with Gasteiger partial charge in [0, 0.05) is 28.6 Å². The molecule has 0 radical (unpaired) electrons. The molecule has 7 nitrogen and oxygen atoms in total. The zero-order valence-corrected chi connectivity index (χ0v) is 18.0. The molecule has 3 aromatic rings. The van der Waals surface area contributed by atoms with Crippen LogP contribution in [-0.4, -0.2) is 28.6 Å². The van der Waals surface area contributed by atoms with E-state index in [1.165, 1.54) is 0 Å². The van der Waals surface area contributed by atoms with E-state index in [2.05, 4.69) is 15.0 Å². The fraction of sp³-hybridized carbons (Fsp3) is 0.200. The lowest BCUT2D eigenvalue weighted by molar-refractivity contribution is -0.385. The maximum Gasteiger partial charge on any atom is 0.422 e. The zero-order chi connectivity index (χ0) is 23.5. The number of nitrogens with zero attached hydrogens (tertiary/aromatic N) is 2. The van der Waals surface area contributed by atoms with Gasteiger partial charge in [0.05, 0.1) is 4.92 Å². The Morgan fingerprint density at radius 3 is 2.69 bits per heavy atom. The van der Waals surface area contributed by atoms with Gasteiger partial charge in [-0.05, 0) is 36.2 Å². The molecule has 1 amide bonds. The number of anilines is 1. The van der Waals surface area contributed by atoms with Crippen molar-refractivity contribution in [3.63, 3.8) is 0 Å². The number of aromatic nitrogens is 1. The number of hydrogen-bond acceptors (Lipinski definition) is 6. The van der Waals surface area contributed by atoms with Gasteiger partial charge in [-0.25, -0.2) is 4.98 Å². The van der Waals surface area contributed by atoms with Crippen LogP contribution in [0.1, 0.15) is 26.4 Å². The SMILES string of the molecule is Cc1ccc(Cc2cnc(NC(=O)c3cc(OCC(F)(F)F)ccc3[N+](=O)[O-])s2)cc1Cl. The highest BCUT2D eigenvalue weighted by Crippen LogP contribution is 2.28. The number of nitro groups is 1. The quantitative estimate of drug-likeness (QED) is 0.337. The van der Waals surface area contributed by atoms with Crippen molar-refractivity contribution in [1.82, 2.24) is 4.98 Å². The summed E-state index contributed by atoms with van der Waals surface area (Å²) in [6, 6.07) is 8.42. The van der Waals surface area contributed by atoms with E-state index in [0.29, 0.717) is 11.4 Å². The largest absolute Gasteiger partial charge is 0.484 e. The molecule has 0 aliphatic heterocycles. The average molecular weight is 486 g/mol. The molecule has 0 aliphatic carbocycles. The minimum atomic E-state index is -4.59. The number of carbonyl (C=O) groups is 1. The van der Waals surface area contributed by atoms with Gasteiger partial charge >= 0.3 is 6.18 Å². The molecule has 0 aliphatic rings. The van der Waals surface area contributed by atoms with E-state index >= 15 is 0 Å². The average Bonchev–Trinajstić information content (AvgIpc) is 3.15. The van der Waals surface area contributed by atoms with E-state index in [-0.39, 0.29) is 10.9 Å².